The van der Waals surface area contributed by atoms with Gasteiger partial charge in [-0.05, 0) is 12.1 Å². The molecular formula is C13H19N3O3. The number of amides is 1. The first-order valence-electron chi connectivity index (χ1n) is 6.17. The van der Waals surface area contributed by atoms with Crippen LogP contribution in [0.15, 0.2) is 18.3 Å². The van der Waals surface area contributed by atoms with E-state index in [1.165, 1.54) is 0 Å². The van der Waals surface area contributed by atoms with Crippen LogP contribution in [0.25, 0.3) is 0 Å². The van der Waals surface area contributed by atoms with Gasteiger partial charge in [0.25, 0.3) is 0 Å². The van der Waals surface area contributed by atoms with Crippen molar-refractivity contribution in [2.75, 3.05) is 33.0 Å². The molecule has 6 heteroatoms. The molecule has 6 nitrogen and oxygen atoms in total. The van der Waals surface area contributed by atoms with Crippen LogP contribution in [0.1, 0.15) is 5.69 Å². The fourth-order valence-electron chi connectivity index (χ4n) is 2.21. The lowest BCUT2D eigenvalue weighted by Gasteiger charge is -2.15. The number of ether oxygens (including phenoxy) is 2. The van der Waals surface area contributed by atoms with Crippen molar-refractivity contribution in [3.05, 3.63) is 24.0 Å². The average molecular weight is 265 g/mol. The summed E-state index contributed by atoms with van der Waals surface area (Å²) in [6.07, 6.45) is 1.71. The Hall–Kier alpha value is -1.66. The lowest BCUT2D eigenvalue weighted by molar-refractivity contribution is -0.130. The molecule has 0 aromatic carbocycles. The minimum Gasteiger partial charge on any atom is -0.397 e. The summed E-state index contributed by atoms with van der Waals surface area (Å²) in [5, 5.41) is 0. The normalized spacial score (nSPS) is 22.7. The van der Waals surface area contributed by atoms with Crippen LogP contribution in [-0.4, -0.2) is 55.3 Å². The Bertz CT molecular complexity index is 423. The molecule has 1 fully saturated rings. The molecule has 0 aliphatic carbocycles. The maximum Gasteiger partial charge on any atom is 0.228 e. The van der Waals surface area contributed by atoms with Crippen LogP contribution in [0.5, 0.6) is 0 Å². The quantitative estimate of drug-likeness (QED) is 0.834. The number of methoxy groups -OCH3 is 2. The molecule has 2 rings (SSSR count). The molecule has 1 aliphatic rings. The standard InChI is InChI=1S/C13H19N3O3/c1-18-11-7-16(8-12(11)19-2)13(17)5-10-4-3-9(14)6-15-10/h3-4,6,11-12H,5,7-8,14H2,1-2H3. The Balaban J connectivity index is 1.95. The molecule has 1 aliphatic heterocycles. The largest absolute Gasteiger partial charge is 0.397 e. The number of carbonyl (C=O) groups is 1. The zero-order valence-electron chi connectivity index (χ0n) is 11.2. The third kappa shape index (κ3) is 3.21. The van der Waals surface area contributed by atoms with E-state index < -0.39 is 0 Å². The second-order valence-electron chi connectivity index (χ2n) is 4.61. The van der Waals surface area contributed by atoms with Crippen molar-refractivity contribution < 1.29 is 14.3 Å². The first kappa shape index (κ1) is 13.8. The summed E-state index contributed by atoms with van der Waals surface area (Å²) in [6, 6.07) is 3.51. The second kappa shape index (κ2) is 5.99. The summed E-state index contributed by atoms with van der Waals surface area (Å²) in [7, 11) is 3.26. The number of anilines is 1. The molecule has 2 N–H and O–H groups in total. The monoisotopic (exact) mass is 265 g/mol. The van der Waals surface area contributed by atoms with E-state index in [4.69, 9.17) is 15.2 Å². The number of hydrogen-bond donors (Lipinski definition) is 1. The predicted octanol–water partition coefficient (Wildman–Crippen LogP) is 0.0785. The van der Waals surface area contributed by atoms with Crippen LogP contribution in [-0.2, 0) is 20.7 Å². The highest BCUT2D eigenvalue weighted by Gasteiger charge is 2.35. The number of nitrogens with zero attached hydrogens (tertiary/aromatic N) is 2. The molecule has 1 aromatic rings. The summed E-state index contributed by atoms with van der Waals surface area (Å²) in [4.78, 5) is 18.0. The predicted molar refractivity (Wildman–Crippen MR) is 70.5 cm³/mol. The summed E-state index contributed by atoms with van der Waals surface area (Å²) < 4.78 is 10.6. The molecule has 0 spiro atoms. The fraction of sp³-hybridized carbons (Fsp3) is 0.538. The smallest absolute Gasteiger partial charge is 0.228 e. The zero-order valence-corrected chi connectivity index (χ0v) is 11.2. The van der Waals surface area contributed by atoms with Gasteiger partial charge in [-0.3, -0.25) is 9.78 Å². The number of pyridine rings is 1. The lowest BCUT2D eigenvalue weighted by Crippen LogP contribution is -2.31. The molecule has 104 valence electrons. The topological polar surface area (TPSA) is 77.7 Å². The van der Waals surface area contributed by atoms with Gasteiger partial charge in [0, 0.05) is 33.0 Å². The molecule has 1 aromatic heterocycles. The summed E-state index contributed by atoms with van der Waals surface area (Å²) >= 11 is 0. The highest BCUT2D eigenvalue weighted by atomic mass is 16.5. The summed E-state index contributed by atoms with van der Waals surface area (Å²) in [6.45, 7) is 1.12. The van der Waals surface area contributed by atoms with Gasteiger partial charge < -0.3 is 20.1 Å². The van der Waals surface area contributed by atoms with Gasteiger partial charge in [-0.25, -0.2) is 0 Å². The van der Waals surface area contributed by atoms with Gasteiger partial charge in [0.1, 0.15) is 12.2 Å². The Morgan fingerprint density at radius 1 is 1.37 bits per heavy atom. The third-order valence-corrected chi connectivity index (χ3v) is 3.35. The first-order chi connectivity index (χ1) is 9.13. The van der Waals surface area contributed by atoms with Gasteiger partial charge in [0.15, 0.2) is 0 Å². The molecular weight excluding hydrogens is 246 g/mol. The van der Waals surface area contributed by atoms with E-state index in [2.05, 4.69) is 4.98 Å². The second-order valence-corrected chi connectivity index (χ2v) is 4.61. The fourth-order valence-corrected chi connectivity index (χ4v) is 2.21. The number of likely N-dealkylation sites (tertiary alicyclic amines) is 1. The molecule has 0 saturated carbocycles. The Morgan fingerprint density at radius 2 is 2.00 bits per heavy atom. The van der Waals surface area contributed by atoms with Crippen molar-refractivity contribution >= 4 is 11.6 Å². The van der Waals surface area contributed by atoms with Gasteiger partial charge in [-0.15, -0.1) is 0 Å². The lowest BCUT2D eigenvalue weighted by atomic mass is 10.2. The Kier molecular flexibility index (Phi) is 4.34. The number of nitrogens with two attached hydrogens (primary N) is 1. The van der Waals surface area contributed by atoms with Crippen LogP contribution >= 0.6 is 0 Å². The first-order valence-corrected chi connectivity index (χ1v) is 6.17. The highest BCUT2D eigenvalue weighted by molar-refractivity contribution is 5.78. The van der Waals surface area contributed by atoms with Crippen molar-refractivity contribution in [1.29, 1.82) is 0 Å². The molecule has 19 heavy (non-hydrogen) atoms. The Labute approximate surface area is 112 Å². The van der Waals surface area contributed by atoms with Crippen molar-refractivity contribution in [3.63, 3.8) is 0 Å². The van der Waals surface area contributed by atoms with Crippen LogP contribution in [0.2, 0.25) is 0 Å². The van der Waals surface area contributed by atoms with Crippen LogP contribution < -0.4 is 5.73 Å². The van der Waals surface area contributed by atoms with Gasteiger partial charge in [0.05, 0.1) is 18.3 Å². The molecule has 1 amide bonds. The number of carbonyl (C=O) groups excluding carboxylic acids is 1. The number of aromatic nitrogens is 1. The number of nitrogen functional groups attached to an aromatic ring is 1. The zero-order chi connectivity index (χ0) is 13.8. The van der Waals surface area contributed by atoms with Crippen molar-refractivity contribution in [3.8, 4) is 0 Å². The Morgan fingerprint density at radius 3 is 2.47 bits per heavy atom. The van der Waals surface area contributed by atoms with Crippen molar-refractivity contribution in [1.82, 2.24) is 9.88 Å². The van der Waals surface area contributed by atoms with Crippen LogP contribution in [0.3, 0.4) is 0 Å². The molecule has 2 atom stereocenters. The average Bonchev–Trinajstić information content (AvgIpc) is 2.84. The highest BCUT2D eigenvalue weighted by Crippen LogP contribution is 2.16. The maximum absolute atomic E-state index is 12.2. The van der Waals surface area contributed by atoms with E-state index in [1.54, 1.807) is 37.4 Å². The molecule has 2 heterocycles. The van der Waals surface area contributed by atoms with Crippen LogP contribution in [0, 0.1) is 0 Å². The van der Waals surface area contributed by atoms with E-state index in [9.17, 15) is 4.79 Å². The van der Waals surface area contributed by atoms with E-state index in [1.807, 2.05) is 0 Å². The van der Waals surface area contributed by atoms with Gasteiger partial charge in [-0.1, -0.05) is 0 Å². The van der Waals surface area contributed by atoms with E-state index in [-0.39, 0.29) is 24.5 Å². The summed E-state index contributed by atoms with van der Waals surface area (Å²) in [5.74, 6) is 0.0267. The third-order valence-electron chi connectivity index (χ3n) is 3.35. The number of rotatable bonds is 4. The van der Waals surface area contributed by atoms with E-state index in [0.29, 0.717) is 24.5 Å². The van der Waals surface area contributed by atoms with Gasteiger partial charge in [0.2, 0.25) is 5.91 Å². The minimum atomic E-state index is -0.0617. The van der Waals surface area contributed by atoms with Crippen molar-refractivity contribution in [2.45, 2.75) is 18.6 Å². The van der Waals surface area contributed by atoms with Gasteiger partial charge >= 0.3 is 0 Å². The van der Waals surface area contributed by atoms with E-state index >= 15 is 0 Å². The molecule has 2 unspecified atom stereocenters. The molecule has 1 saturated heterocycles. The van der Waals surface area contributed by atoms with E-state index in [0.717, 1.165) is 0 Å². The minimum absolute atomic E-state index is 0.0267. The SMILES string of the molecule is COC1CN(C(=O)Cc2ccc(N)cn2)CC1OC. The maximum atomic E-state index is 12.2. The van der Waals surface area contributed by atoms with Gasteiger partial charge in [-0.2, -0.15) is 0 Å². The number of hydrogen-bond acceptors (Lipinski definition) is 5. The molecule has 0 bridgehead atoms. The summed E-state index contributed by atoms with van der Waals surface area (Å²) in [5.41, 5.74) is 6.87. The van der Waals surface area contributed by atoms with Crippen LogP contribution in [0.4, 0.5) is 5.69 Å². The van der Waals surface area contributed by atoms with Crippen molar-refractivity contribution in [2.24, 2.45) is 0 Å². The molecule has 0 radical (unpaired) electrons.